The summed E-state index contributed by atoms with van der Waals surface area (Å²) in [4.78, 5) is 22.3. The zero-order valence-corrected chi connectivity index (χ0v) is 21.1. The van der Waals surface area contributed by atoms with Crippen molar-refractivity contribution in [2.45, 2.75) is 18.2 Å². The van der Waals surface area contributed by atoms with E-state index in [0.717, 1.165) is 30.0 Å². The van der Waals surface area contributed by atoms with E-state index in [4.69, 9.17) is 9.88 Å². The number of hydrogen-bond donors (Lipinski definition) is 4. The first-order valence-electron chi connectivity index (χ1n) is 12.0. The molecule has 11 heteroatoms. The quantitative estimate of drug-likeness (QED) is 0.290. The molecule has 0 atom stereocenters. The van der Waals surface area contributed by atoms with Crippen LogP contribution in [0.2, 0.25) is 0 Å². The fourth-order valence-corrected chi connectivity index (χ4v) is 5.20. The van der Waals surface area contributed by atoms with E-state index in [0.29, 0.717) is 47.7 Å². The highest BCUT2D eigenvalue weighted by Crippen LogP contribution is 2.31. The van der Waals surface area contributed by atoms with Crippen molar-refractivity contribution < 1.29 is 13.2 Å². The summed E-state index contributed by atoms with van der Waals surface area (Å²) in [5.41, 5.74) is 2.69. The number of primary sulfonamides is 1. The highest BCUT2D eigenvalue weighted by molar-refractivity contribution is 7.89. The fourth-order valence-electron chi connectivity index (χ4n) is 4.46. The standard InChI is InChI=1S/C26H28N6O4S/c1-2-17-4-3-5-21(37(27,34)35)24(17)30-22-16-18-10-11-28-26(33)23(18)25(31-22)29-19-6-8-20(9-7-19)32-12-14-36-15-13-32/h3-11,16H,2,12-15H2,1H3,(H,28,33)(H2,27,34,35)(H2,29,30,31). The van der Waals surface area contributed by atoms with Gasteiger partial charge in [0, 0.05) is 30.7 Å². The first kappa shape index (κ1) is 24.8. The smallest absolute Gasteiger partial charge is 0.259 e. The molecule has 1 aliphatic heterocycles. The third kappa shape index (κ3) is 5.29. The second kappa shape index (κ2) is 10.2. The van der Waals surface area contributed by atoms with Crippen LogP contribution in [0.15, 0.2) is 70.5 Å². The van der Waals surface area contributed by atoms with Crippen molar-refractivity contribution in [2.75, 3.05) is 41.8 Å². The summed E-state index contributed by atoms with van der Waals surface area (Å²) in [5.74, 6) is 0.712. The number of nitrogens with two attached hydrogens (primary N) is 1. The second-order valence-corrected chi connectivity index (χ2v) is 10.2. The second-order valence-electron chi connectivity index (χ2n) is 8.71. The van der Waals surface area contributed by atoms with E-state index in [1.807, 2.05) is 37.3 Å². The van der Waals surface area contributed by atoms with Crippen LogP contribution in [0.4, 0.5) is 28.7 Å². The summed E-state index contributed by atoms with van der Waals surface area (Å²) in [7, 11) is -3.98. The van der Waals surface area contributed by atoms with Gasteiger partial charge in [0.2, 0.25) is 10.0 Å². The highest BCUT2D eigenvalue weighted by Gasteiger charge is 2.19. The number of aromatic amines is 1. The Hall–Kier alpha value is -3.93. The van der Waals surface area contributed by atoms with Gasteiger partial charge < -0.3 is 25.3 Å². The molecular weight excluding hydrogens is 492 g/mol. The maximum atomic E-state index is 12.7. The van der Waals surface area contributed by atoms with E-state index < -0.39 is 10.0 Å². The van der Waals surface area contributed by atoms with Crippen LogP contribution in [0, 0.1) is 0 Å². The summed E-state index contributed by atoms with van der Waals surface area (Å²) < 4.78 is 30.0. The van der Waals surface area contributed by atoms with Crippen LogP contribution in [0.1, 0.15) is 12.5 Å². The maximum absolute atomic E-state index is 12.7. The monoisotopic (exact) mass is 520 g/mol. The van der Waals surface area contributed by atoms with Crippen molar-refractivity contribution in [2.24, 2.45) is 5.14 Å². The molecule has 0 unspecified atom stereocenters. The van der Waals surface area contributed by atoms with Crippen LogP contribution in [0.5, 0.6) is 0 Å². The molecule has 2 aromatic heterocycles. The molecule has 37 heavy (non-hydrogen) atoms. The van der Waals surface area contributed by atoms with E-state index >= 15 is 0 Å². The number of fused-ring (bicyclic) bond motifs is 1. The lowest BCUT2D eigenvalue weighted by Crippen LogP contribution is -2.36. The van der Waals surface area contributed by atoms with E-state index in [2.05, 4.69) is 25.5 Å². The number of nitrogens with one attached hydrogen (secondary N) is 3. The van der Waals surface area contributed by atoms with Crippen molar-refractivity contribution >= 4 is 49.5 Å². The first-order valence-corrected chi connectivity index (χ1v) is 13.5. The molecule has 0 amide bonds. The first-order chi connectivity index (χ1) is 17.8. The number of para-hydroxylation sites is 1. The number of benzene rings is 2. The Morgan fingerprint density at radius 2 is 1.84 bits per heavy atom. The number of hydrogen-bond acceptors (Lipinski definition) is 8. The molecular formula is C26H28N6O4S. The maximum Gasteiger partial charge on any atom is 0.259 e. The number of pyridine rings is 2. The number of sulfonamides is 1. The average Bonchev–Trinajstić information content (AvgIpc) is 2.89. The SMILES string of the molecule is CCc1cccc(S(N)(=O)=O)c1Nc1cc2cc[nH]c(=O)c2c(Nc2ccc(N3CCOCC3)cc2)n1. The summed E-state index contributed by atoms with van der Waals surface area (Å²) in [5, 5.41) is 12.9. The van der Waals surface area contributed by atoms with Crippen LogP contribution < -0.4 is 26.2 Å². The summed E-state index contributed by atoms with van der Waals surface area (Å²) in [6.45, 7) is 5.00. The van der Waals surface area contributed by atoms with Crippen LogP contribution in [0.3, 0.4) is 0 Å². The Balaban J connectivity index is 1.53. The molecule has 0 radical (unpaired) electrons. The Kier molecular flexibility index (Phi) is 6.83. The van der Waals surface area contributed by atoms with E-state index in [9.17, 15) is 13.2 Å². The average molecular weight is 521 g/mol. The summed E-state index contributed by atoms with van der Waals surface area (Å²) in [6, 6.07) is 16.3. The molecule has 1 saturated heterocycles. The van der Waals surface area contributed by atoms with Crippen molar-refractivity contribution in [1.82, 2.24) is 9.97 Å². The normalized spacial score (nSPS) is 14.1. The Morgan fingerprint density at radius 1 is 1.08 bits per heavy atom. The summed E-state index contributed by atoms with van der Waals surface area (Å²) >= 11 is 0. The molecule has 5 N–H and O–H groups in total. The highest BCUT2D eigenvalue weighted by atomic mass is 32.2. The zero-order valence-electron chi connectivity index (χ0n) is 20.3. The molecule has 192 valence electrons. The van der Waals surface area contributed by atoms with Gasteiger partial charge in [-0.2, -0.15) is 0 Å². The molecule has 3 heterocycles. The number of anilines is 5. The lowest BCUT2D eigenvalue weighted by Gasteiger charge is -2.28. The minimum Gasteiger partial charge on any atom is -0.378 e. The van der Waals surface area contributed by atoms with Gasteiger partial charge in [-0.1, -0.05) is 19.1 Å². The van der Waals surface area contributed by atoms with Gasteiger partial charge in [0.1, 0.15) is 16.5 Å². The molecule has 2 aromatic carbocycles. The van der Waals surface area contributed by atoms with Gasteiger partial charge in [-0.3, -0.25) is 4.79 Å². The van der Waals surface area contributed by atoms with Gasteiger partial charge in [0.25, 0.3) is 5.56 Å². The molecule has 0 spiro atoms. The minimum atomic E-state index is -3.98. The number of ether oxygens (including phenoxy) is 1. The Morgan fingerprint density at radius 3 is 2.54 bits per heavy atom. The molecule has 0 saturated carbocycles. The van der Waals surface area contributed by atoms with Gasteiger partial charge in [-0.25, -0.2) is 18.5 Å². The van der Waals surface area contributed by atoms with E-state index in [1.54, 1.807) is 24.4 Å². The number of morpholine rings is 1. The molecule has 0 aliphatic carbocycles. The molecule has 5 rings (SSSR count). The molecule has 4 aromatic rings. The lowest BCUT2D eigenvalue weighted by atomic mass is 10.1. The van der Waals surface area contributed by atoms with E-state index in [1.165, 1.54) is 6.07 Å². The van der Waals surface area contributed by atoms with Crippen LogP contribution in [-0.2, 0) is 21.2 Å². The summed E-state index contributed by atoms with van der Waals surface area (Å²) in [6.07, 6.45) is 2.14. The van der Waals surface area contributed by atoms with Gasteiger partial charge in [-0.05, 0) is 59.8 Å². The Bertz CT molecular complexity index is 1600. The topological polar surface area (TPSA) is 142 Å². The third-order valence-electron chi connectivity index (χ3n) is 6.31. The number of H-pyrrole nitrogens is 1. The van der Waals surface area contributed by atoms with Crippen molar-refractivity contribution in [1.29, 1.82) is 0 Å². The lowest BCUT2D eigenvalue weighted by molar-refractivity contribution is 0.122. The Labute approximate surface area is 214 Å². The molecule has 1 aliphatic rings. The zero-order chi connectivity index (χ0) is 26.0. The minimum absolute atomic E-state index is 0.0205. The number of aryl methyl sites for hydroxylation is 1. The van der Waals surface area contributed by atoms with Crippen molar-refractivity contribution in [3.63, 3.8) is 0 Å². The number of rotatable bonds is 7. The van der Waals surface area contributed by atoms with Crippen molar-refractivity contribution in [3.05, 3.63) is 76.7 Å². The van der Waals surface area contributed by atoms with Gasteiger partial charge in [0.05, 0.1) is 24.3 Å². The molecule has 10 nitrogen and oxygen atoms in total. The van der Waals surface area contributed by atoms with Gasteiger partial charge in [0.15, 0.2) is 0 Å². The van der Waals surface area contributed by atoms with Crippen molar-refractivity contribution in [3.8, 4) is 0 Å². The predicted molar refractivity (Wildman–Crippen MR) is 146 cm³/mol. The third-order valence-corrected chi connectivity index (χ3v) is 7.27. The number of nitrogens with zero attached hydrogens (tertiary/aromatic N) is 2. The molecule has 0 bridgehead atoms. The van der Waals surface area contributed by atoms with Crippen LogP contribution in [-0.4, -0.2) is 44.7 Å². The van der Waals surface area contributed by atoms with E-state index in [-0.39, 0.29) is 10.5 Å². The molecule has 1 fully saturated rings. The largest absolute Gasteiger partial charge is 0.378 e. The van der Waals surface area contributed by atoms with Crippen LogP contribution >= 0.6 is 0 Å². The van der Waals surface area contributed by atoms with Gasteiger partial charge in [-0.15, -0.1) is 0 Å². The predicted octanol–water partition coefficient (Wildman–Crippen LogP) is 3.46. The number of aromatic nitrogens is 2. The van der Waals surface area contributed by atoms with Gasteiger partial charge >= 0.3 is 0 Å². The fraction of sp³-hybridized carbons (Fsp3) is 0.231. The van der Waals surface area contributed by atoms with Crippen LogP contribution in [0.25, 0.3) is 10.8 Å².